The Hall–Kier alpha value is -1.18. The fourth-order valence-electron chi connectivity index (χ4n) is 0.625. The van der Waals surface area contributed by atoms with Crippen LogP contribution in [0.5, 0.6) is 0 Å². The number of carbonyl (C=O) groups excluding carboxylic acids is 1. The first kappa shape index (κ1) is 12.8. The summed E-state index contributed by atoms with van der Waals surface area (Å²) in [4.78, 5) is 21.3. The molecule has 7 nitrogen and oxygen atoms in total. The van der Waals surface area contributed by atoms with Gasteiger partial charge in [0, 0.05) is 0 Å². The van der Waals surface area contributed by atoms with E-state index >= 15 is 0 Å². The van der Waals surface area contributed by atoms with E-state index in [1.165, 1.54) is 7.05 Å². The van der Waals surface area contributed by atoms with Crippen LogP contribution in [0.3, 0.4) is 0 Å². The first-order chi connectivity index (χ1) is 6.52. The average Bonchev–Trinajstić information content (AvgIpc) is 2.16. The maximum Gasteiger partial charge on any atom is 0.325 e. The zero-order valence-corrected chi connectivity index (χ0v) is 7.77. The first-order valence-electron chi connectivity index (χ1n) is 3.96. The van der Waals surface area contributed by atoms with Gasteiger partial charge in [-0.25, -0.2) is 0 Å². The lowest BCUT2D eigenvalue weighted by molar-refractivity contribution is -0.150. The summed E-state index contributed by atoms with van der Waals surface area (Å²) in [6.45, 7) is -0.853. The number of nitrogens with two attached hydrogens (primary N) is 1. The number of aliphatic hydroxyl groups is 1. The molecule has 0 aliphatic heterocycles. The largest absolute Gasteiger partial charge is 0.480 e. The van der Waals surface area contributed by atoms with Crippen LogP contribution in [0.4, 0.5) is 0 Å². The second-order valence-corrected chi connectivity index (χ2v) is 2.60. The topological polar surface area (TPSA) is 122 Å². The normalized spacial score (nSPS) is 14.5. The molecular weight excluding hydrogens is 192 g/mol. The molecule has 82 valence electrons. The van der Waals surface area contributed by atoms with Crippen molar-refractivity contribution in [3.05, 3.63) is 0 Å². The van der Waals surface area contributed by atoms with Crippen molar-refractivity contribution in [3.8, 4) is 0 Å². The second kappa shape index (κ2) is 6.30. The highest BCUT2D eigenvalue weighted by molar-refractivity contribution is 5.77. The van der Waals surface area contributed by atoms with Crippen LogP contribution in [0.25, 0.3) is 0 Å². The van der Waals surface area contributed by atoms with Crippen LogP contribution in [-0.4, -0.2) is 54.5 Å². The Balaban J connectivity index is 3.91. The number of aliphatic hydroxyl groups excluding tert-OH is 1. The van der Waals surface area contributed by atoms with E-state index in [0.29, 0.717) is 0 Å². The zero-order valence-electron chi connectivity index (χ0n) is 7.77. The van der Waals surface area contributed by atoms with Gasteiger partial charge < -0.3 is 26.0 Å². The summed E-state index contributed by atoms with van der Waals surface area (Å²) in [6, 6.07) is -2.09. The molecule has 0 rings (SSSR count). The third-order valence-corrected chi connectivity index (χ3v) is 1.54. The van der Waals surface area contributed by atoms with E-state index < -0.39 is 30.6 Å². The van der Waals surface area contributed by atoms with Crippen LogP contribution < -0.4 is 11.1 Å². The maximum absolute atomic E-state index is 10.9. The fraction of sp³-hybridized carbons (Fsp3) is 0.714. The molecule has 0 spiro atoms. The van der Waals surface area contributed by atoms with Crippen LogP contribution in [0.1, 0.15) is 0 Å². The highest BCUT2D eigenvalue weighted by Crippen LogP contribution is 1.89. The summed E-state index contributed by atoms with van der Waals surface area (Å²) in [5.74, 6) is -1.95. The van der Waals surface area contributed by atoms with E-state index in [-0.39, 0.29) is 6.61 Å². The lowest BCUT2D eigenvalue weighted by Crippen LogP contribution is -2.42. The number of carboxylic acids is 1. The summed E-state index contributed by atoms with van der Waals surface area (Å²) >= 11 is 0. The number of likely N-dealkylation sites (N-methyl/N-ethyl adjacent to an activating group) is 1. The van der Waals surface area contributed by atoms with Crippen molar-refractivity contribution in [1.82, 2.24) is 5.32 Å². The molecule has 7 heteroatoms. The number of aliphatic carboxylic acids is 1. The molecule has 0 saturated heterocycles. The van der Waals surface area contributed by atoms with Gasteiger partial charge in [0.05, 0.1) is 6.61 Å². The van der Waals surface area contributed by atoms with Crippen molar-refractivity contribution >= 4 is 11.9 Å². The maximum atomic E-state index is 10.9. The van der Waals surface area contributed by atoms with Gasteiger partial charge in [0.1, 0.15) is 18.7 Å². The summed E-state index contributed by atoms with van der Waals surface area (Å²) in [5.41, 5.74) is 5.13. The third-order valence-electron chi connectivity index (χ3n) is 1.54. The molecule has 0 unspecified atom stereocenters. The lowest BCUT2D eigenvalue weighted by atomic mass is 10.3. The Kier molecular flexibility index (Phi) is 5.77. The number of hydrogen-bond donors (Lipinski definition) is 4. The number of esters is 1. The number of hydrogen-bond acceptors (Lipinski definition) is 6. The predicted octanol–water partition coefficient (Wildman–Crippen LogP) is -2.48. The van der Waals surface area contributed by atoms with Crippen molar-refractivity contribution in [2.45, 2.75) is 12.1 Å². The molecule has 0 fully saturated rings. The Morgan fingerprint density at radius 3 is 2.50 bits per heavy atom. The van der Waals surface area contributed by atoms with Gasteiger partial charge in [0.25, 0.3) is 0 Å². The van der Waals surface area contributed by atoms with Gasteiger partial charge in [-0.1, -0.05) is 0 Å². The quantitative estimate of drug-likeness (QED) is 0.355. The van der Waals surface area contributed by atoms with Crippen LogP contribution in [-0.2, 0) is 14.3 Å². The van der Waals surface area contributed by atoms with Crippen LogP contribution in [0.2, 0.25) is 0 Å². The molecule has 0 aromatic carbocycles. The molecule has 0 aromatic rings. The monoisotopic (exact) mass is 206 g/mol. The smallest absolute Gasteiger partial charge is 0.325 e. The van der Waals surface area contributed by atoms with Gasteiger partial charge in [-0.05, 0) is 7.05 Å². The zero-order chi connectivity index (χ0) is 11.1. The number of carboxylic acid groups (broad SMARTS) is 1. The van der Waals surface area contributed by atoms with Gasteiger partial charge in [0.15, 0.2) is 0 Å². The fourth-order valence-corrected chi connectivity index (χ4v) is 0.625. The van der Waals surface area contributed by atoms with Crippen molar-refractivity contribution in [3.63, 3.8) is 0 Å². The van der Waals surface area contributed by atoms with Crippen molar-refractivity contribution in [2.24, 2.45) is 5.73 Å². The molecule has 0 amide bonds. The van der Waals surface area contributed by atoms with Gasteiger partial charge in [0.2, 0.25) is 0 Å². The average molecular weight is 206 g/mol. The third kappa shape index (κ3) is 4.17. The standard InChI is InChI=1S/C7H14N2O5/c1-9-5(6(11)12)3-14-7(13)4(8)2-10/h4-5,9-10H,2-3,8H2,1H3,(H,11,12)/t4-,5+/m1/s1. The SMILES string of the molecule is CN[C@@H](COC(=O)[C@H](N)CO)C(=O)O. The van der Waals surface area contributed by atoms with Gasteiger partial charge >= 0.3 is 11.9 Å². The molecule has 0 bridgehead atoms. The van der Waals surface area contributed by atoms with E-state index in [1.54, 1.807) is 0 Å². The van der Waals surface area contributed by atoms with E-state index in [4.69, 9.17) is 15.9 Å². The van der Waals surface area contributed by atoms with E-state index in [2.05, 4.69) is 10.1 Å². The minimum Gasteiger partial charge on any atom is -0.480 e. The molecule has 0 aromatic heterocycles. The highest BCUT2D eigenvalue weighted by atomic mass is 16.5. The molecule has 0 saturated carbocycles. The van der Waals surface area contributed by atoms with Gasteiger partial charge in [-0.15, -0.1) is 0 Å². The van der Waals surface area contributed by atoms with Crippen LogP contribution in [0, 0.1) is 0 Å². The Labute approximate surface area is 80.8 Å². The highest BCUT2D eigenvalue weighted by Gasteiger charge is 2.19. The summed E-state index contributed by atoms with van der Waals surface area (Å²) < 4.78 is 4.54. The van der Waals surface area contributed by atoms with Crippen molar-refractivity contribution in [2.75, 3.05) is 20.3 Å². The Morgan fingerprint density at radius 2 is 2.14 bits per heavy atom. The molecule has 0 radical (unpaired) electrons. The number of nitrogens with one attached hydrogen (secondary N) is 1. The summed E-state index contributed by atoms with van der Waals surface area (Å²) in [7, 11) is 1.43. The molecule has 2 atom stereocenters. The van der Waals surface area contributed by atoms with Gasteiger partial charge in [-0.3, -0.25) is 9.59 Å². The number of ether oxygens (including phenoxy) is 1. The minimum absolute atomic E-state index is 0.321. The van der Waals surface area contributed by atoms with Crippen molar-refractivity contribution < 1.29 is 24.5 Å². The van der Waals surface area contributed by atoms with E-state index in [0.717, 1.165) is 0 Å². The lowest BCUT2D eigenvalue weighted by Gasteiger charge is -2.13. The molecule has 5 N–H and O–H groups in total. The molecule has 14 heavy (non-hydrogen) atoms. The molecular formula is C7H14N2O5. The summed E-state index contributed by atoms with van der Waals surface area (Å²) in [5, 5.41) is 19.5. The molecule has 0 aliphatic rings. The van der Waals surface area contributed by atoms with Crippen LogP contribution in [0.15, 0.2) is 0 Å². The van der Waals surface area contributed by atoms with E-state index in [1.807, 2.05) is 0 Å². The number of carbonyl (C=O) groups is 2. The van der Waals surface area contributed by atoms with Crippen molar-refractivity contribution in [1.29, 1.82) is 0 Å². The Bertz CT molecular complexity index is 208. The van der Waals surface area contributed by atoms with Gasteiger partial charge in [-0.2, -0.15) is 0 Å². The predicted molar refractivity (Wildman–Crippen MR) is 46.5 cm³/mol. The molecule has 0 heterocycles. The second-order valence-electron chi connectivity index (χ2n) is 2.60. The Morgan fingerprint density at radius 1 is 1.57 bits per heavy atom. The summed E-state index contributed by atoms with van der Waals surface area (Å²) in [6.07, 6.45) is 0. The van der Waals surface area contributed by atoms with Crippen LogP contribution >= 0.6 is 0 Å². The van der Waals surface area contributed by atoms with E-state index in [9.17, 15) is 9.59 Å². The first-order valence-corrected chi connectivity index (χ1v) is 3.96. The number of rotatable bonds is 6. The minimum atomic E-state index is -1.13. The molecule has 0 aliphatic carbocycles.